The van der Waals surface area contributed by atoms with Crippen LogP contribution in [0, 0.1) is 0 Å². The molecule has 2 rings (SSSR count). The third-order valence-electron chi connectivity index (χ3n) is 2.24. The number of carbonyl (C=O) groups is 1. The zero-order valence-corrected chi connectivity index (χ0v) is 7.96. The number of rotatable bonds is 2. The number of benzene rings is 1. The minimum absolute atomic E-state index is 0.144. The number of phenolic OH excluding ortho intramolecular Hbond substituents is 1. The van der Waals surface area contributed by atoms with E-state index in [-0.39, 0.29) is 12.4 Å². The molecule has 0 saturated carbocycles. The number of amides is 1. The van der Waals surface area contributed by atoms with Gasteiger partial charge in [-0.3, -0.25) is 4.90 Å². The summed E-state index contributed by atoms with van der Waals surface area (Å²) in [4.78, 5) is 12.8. The number of nitrogens with zero attached hydrogens (tertiary/aromatic N) is 1. The number of aliphatic hydroxyl groups is 1. The maximum atomic E-state index is 11.4. The molecule has 15 heavy (non-hydrogen) atoms. The van der Waals surface area contributed by atoms with Crippen LogP contribution >= 0.6 is 0 Å². The molecule has 2 N–H and O–H groups in total. The van der Waals surface area contributed by atoms with Crippen molar-refractivity contribution in [2.45, 2.75) is 6.10 Å². The van der Waals surface area contributed by atoms with Crippen LogP contribution in [-0.2, 0) is 4.74 Å². The predicted octanol–water partition coefficient (Wildman–Crippen LogP) is 0.710. The van der Waals surface area contributed by atoms with Crippen LogP contribution in [0.3, 0.4) is 0 Å². The molecule has 1 aliphatic rings. The van der Waals surface area contributed by atoms with Crippen LogP contribution in [0.25, 0.3) is 0 Å². The monoisotopic (exact) mass is 209 g/mol. The maximum absolute atomic E-state index is 11.4. The van der Waals surface area contributed by atoms with E-state index in [1.165, 1.54) is 17.0 Å². The largest absolute Gasteiger partial charge is 0.508 e. The van der Waals surface area contributed by atoms with Crippen LogP contribution in [0.4, 0.5) is 10.5 Å². The molecule has 1 atom stereocenters. The summed E-state index contributed by atoms with van der Waals surface area (Å²) in [5, 5.41) is 17.9. The van der Waals surface area contributed by atoms with Crippen molar-refractivity contribution in [1.29, 1.82) is 0 Å². The highest BCUT2D eigenvalue weighted by Crippen LogP contribution is 2.23. The highest BCUT2D eigenvalue weighted by atomic mass is 16.6. The predicted molar refractivity (Wildman–Crippen MR) is 52.8 cm³/mol. The Morgan fingerprint density at radius 2 is 2.07 bits per heavy atom. The van der Waals surface area contributed by atoms with Gasteiger partial charge in [0.1, 0.15) is 11.9 Å². The lowest BCUT2D eigenvalue weighted by molar-refractivity contribution is 0.0963. The van der Waals surface area contributed by atoms with E-state index in [0.717, 1.165) is 0 Å². The third kappa shape index (κ3) is 1.87. The van der Waals surface area contributed by atoms with Gasteiger partial charge in [0, 0.05) is 5.69 Å². The average molecular weight is 209 g/mol. The molecular formula is C10H11NO4. The number of hydrogen-bond donors (Lipinski definition) is 2. The minimum Gasteiger partial charge on any atom is -0.508 e. The van der Waals surface area contributed by atoms with Crippen molar-refractivity contribution < 1.29 is 19.7 Å². The molecule has 5 heteroatoms. The average Bonchev–Trinajstić information content (AvgIpc) is 2.61. The highest BCUT2D eigenvalue weighted by molar-refractivity contribution is 5.89. The van der Waals surface area contributed by atoms with Gasteiger partial charge in [0.05, 0.1) is 13.2 Å². The maximum Gasteiger partial charge on any atom is 0.414 e. The Hall–Kier alpha value is -1.75. The van der Waals surface area contributed by atoms with E-state index in [2.05, 4.69) is 0 Å². The normalized spacial score (nSPS) is 20.5. The Balaban J connectivity index is 2.18. The first-order valence-electron chi connectivity index (χ1n) is 4.59. The molecule has 1 amide bonds. The molecule has 5 nitrogen and oxygen atoms in total. The molecule has 1 aromatic rings. The summed E-state index contributed by atoms with van der Waals surface area (Å²) in [5.41, 5.74) is 0.647. The van der Waals surface area contributed by atoms with Gasteiger partial charge in [-0.15, -0.1) is 0 Å². The molecule has 0 aliphatic carbocycles. The van der Waals surface area contributed by atoms with Crippen LogP contribution in [0.15, 0.2) is 24.3 Å². The van der Waals surface area contributed by atoms with Crippen molar-refractivity contribution in [3.8, 4) is 5.75 Å². The topological polar surface area (TPSA) is 70.0 Å². The molecule has 0 spiro atoms. The van der Waals surface area contributed by atoms with Gasteiger partial charge < -0.3 is 14.9 Å². The van der Waals surface area contributed by atoms with E-state index in [0.29, 0.717) is 12.2 Å². The van der Waals surface area contributed by atoms with Crippen molar-refractivity contribution in [3.63, 3.8) is 0 Å². The summed E-state index contributed by atoms with van der Waals surface area (Å²) in [5.74, 6) is 0.144. The molecule has 0 radical (unpaired) electrons. The molecular weight excluding hydrogens is 198 g/mol. The highest BCUT2D eigenvalue weighted by Gasteiger charge is 2.31. The number of aromatic hydroxyl groups is 1. The Morgan fingerprint density at radius 3 is 2.60 bits per heavy atom. The second-order valence-corrected chi connectivity index (χ2v) is 3.32. The van der Waals surface area contributed by atoms with Gasteiger partial charge in [-0.25, -0.2) is 4.79 Å². The summed E-state index contributed by atoms with van der Waals surface area (Å²) in [6, 6.07) is 6.23. The van der Waals surface area contributed by atoms with E-state index >= 15 is 0 Å². The van der Waals surface area contributed by atoms with Crippen LogP contribution in [0.2, 0.25) is 0 Å². The van der Waals surface area contributed by atoms with Crippen molar-refractivity contribution >= 4 is 11.8 Å². The van der Waals surface area contributed by atoms with Crippen LogP contribution in [0.5, 0.6) is 5.75 Å². The van der Waals surface area contributed by atoms with Gasteiger partial charge in [-0.1, -0.05) is 0 Å². The molecule has 1 unspecified atom stereocenters. The molecule has 1 fully saturated rings. The number of ether oxygens (including phenoxy) is 1. The Bertz CT molecular complexity index is 362. The van der Waals surface area contributed by atoms with Crippen molar-refractivity contribution in [2.24, 2.45) is 0 Å². The Kier molecular flexibility index (Phi) is 2.47. The SMILES string of the molecule is O=C1OC(CO)CN1c1ccc(O)cc1. The Morgan fingerprint density at radius 1 is 1.40 bits per heavy atom. The third-order valence-corrected chi connectivity index (χ3v) is 2.24. The minimum atomic E-state index is -0.472. The van der Waals surface area contributed by atoms with E-state index in [4.69, 9.17) is 14.9 Å². The molecule has 1 aliphatic heterocycles. The van der Waals surface area contributed by atoms with E-state index in [9.17, 15) is 4.79 Å². The molecule has 0 aromatic heterocycles. The van der Waals surface area contributed by atoms with Gasteiger partial charge in [-0.05, 0) is 24.3 Å². The Labute approximate surface area is 86.5 Å². The van der Waals surface area contributed by atoms with Crippen molar-refractivity contribution in [2.75, 3.05) is 18.1 Å². The van der Waals surface area contributed by atoms with E-state index in [1.807, 2.05) is 0 Å². The van der Waals surface area contributed by atoms with Gasteiger partial charge in [0.2, 0.25) is 0 Å². The molecule has 0 bridgehead atoms. The summed E-state index contributed by atoms with van der Waals surface area (Å²) >= 11 is 0. The standard InChI is InChI=1S/C10H11NO4/c12-6-9-5-11(10(14)15-9)7-1-3-8(13)4-2-7/h1-4,9,12-13H,5-6H2. The summed E-state index contributed by atoms with van der Waals surface area (Å²) in [7, 11) is 0. The number of cyclic esters (lactones) is 1. The zero-order chi connectivity index (χ0) is 10.8. The summed E-state index contributed by atoms with van der Waals surface area (Å²) in [6.07, 6.45) is -0.939. The number of carbonyl (C=O) groups excluding carboxylic acids is 1. The first-order valence-corrected chi connectivity index (χ1v) is 4.59. The molecule has 1 heterocycles. The number of aliphatic hydroxyl groups excluding tert-OH is 1. The van der Waals surface area contributed by atoms with Crippen LogP contribution in [-0.4, -0.2) is 35.6 Å². The van der Waals surface area contributed by atoms with Gasteiger partial charge in [-0.2, -0.15) is 0 Å². The molecule has 80 valence electrons. The van der Waals surface area contributed by atoms with E-state index in [1.54, 1.807) is 12.1 Å². The lowest BCUT2D eigenvalue weighted by Gasteiger charge is -2.12. The second kappa shape index (κ2) is 3.78. The summed E-state index contributed by atoms with van der Waals surface area (Å²) < 4.78 is 4.88. The van der Waals surface area contributed by atoms with E-state index < -0.39 is 12.2 Å². The van der Waals surface area contributed by atoms with Gasteiger partial charge in [0.15, 0.2) is 0 Å². The van der Waals surface area contributed by atoms with Crippen molar-refractivity contribution in [1.82, 2.24) is 0 Å². The van der Waals surface area contributed by atoms with Gasteiger partial charge in [0.25, 0.3) is 0 Å². The van der Waals surface area contributed by atoms with Gasteiger partial charge >= 0.3 is 6.09 Å². The fourth-order valence-corrected chi connectivity index (χ4v) is 1.46. The number of hydrogen-bond acceptors (Lipinski definition) is 4. The fourth-order valence-electron chi connectivity index (χ4n) is 1.46. The first kappa shape index (κ1) is 9.79. The number of anilines is 1. The number of phenols is 1. The lowest BCUT2D eigenvalue weighted by atomic mass is 10.2. The van der Waals surface area contributed by atoms with Crippen molar-refractivity contribution in [3.05, 3.63) is 24.3 Å². The quantitative estimate of drug-likeness (QED) is 0.752. The lowest BCUT2D eigenvalue weighted by Crippen LogP contribution is -2.25. The summed E-state index contributed by atoms with van der Waals surface area (Å²) in [6.45, 7) is 0.153. The van der Waals surface area contributed by atoms with Crippen LogP contribution < -0.4 is 4.90 Å². The second-order valence-electron chi connectivity index (χ2n) is 3.32. The molecule has 1 saturated heterocycles. The fraction of sp³-hybridized carbons (Fsp3) is 0.300. The first-order chi connectivity index (χ1) is 7.20. The zero-order valence-electron chi connectivity index (χ0n) is 7.96. The smallest absolute Gasteiger partial charge is 0.414 e. The molecule has 1 aromatic carbocycles. The van der Waals surface area contributed by atoms with Crippen LogP contribution in [0.1, 0.15) is 0 Å².